The minimum atomic E-state index is -0.409. The molecule has 1 atom stereocenters. The van der Waals surface area contributed by atoms with Crippen LogP contribution in [0, 0.1) is 5.82 Å². The molecule has 0 aromatic heterocycles. The summed E-state index contributed by atoms with van der Waals surface area (Å²) in [4.78, 5) is 0. The summed E-state index contributed by atoms with van der Waals surface area (Å²) in [6, 6.07) is 11.9. The maximum Gasteiger partial charge on any atom is 0.165 e. The number of nitrogens with two attached hydrogens (primary N) is 1. The fourth-order valence-corrected chi connectivity index (χ4v) is 2.06. The Morgan fingerprint density at radius 2 is 1.76 bits per heavy atom. The lowest BCUT2D eigenvalue weighted by atomic mass is 9.99. The van der Waals surface area contributed by atoms with Gasteiger partial charge in [0.05, 0.1) is 19.8 Å². The highest BCUT2D eigenvalue weighted by molar-refractivity contribution is 5.38. The minimum absolute atomic E-state index is 0.217. The first-order valence-corrected chi connectivity index (χ1v) is 6.97. The van der Waals surface area contributed by atoms with Crippen molar-refractivity contribution >= 4 is 0 Å². The van der Waals surface area contributed by atoms with Gasteiger partial charge in [0, 0.05) is 0 Å². The molecular formula is C17H20FNO2. The Balaban J connectivity index is 2.15. The number of hydrogen-bond donors (Lipinski definition) is 1. The lowest BCUT2D eigenvalue weighted by molar-refractivity contribution is 0.317. The number of ether oxygens (including phenoxy) is 2. The van der Waals surface area contributed by atoms with Crippen molar-refractivity contribution in [2.75, 3.05) is 13.7 Å². The number of halogens is 1. The molecule has 3 nitrogen and oxygen atoms in total. The second kappa shape index (κ2) is 7.09. The molecule has 2 aromatic rings. The lowest BCUT2D eigenvalue weighted by Crippen LogP contribution is -2.12. The zero-order valence-corrected chi connectivity index (χ0v) is 12.3. The van der Waals surface area contributed by atoms with Crippen LogP contribution in [0.15, 0.2) is 42.5 Å². The number of hydrogen-bond acceptors (Lipinski definition) is 3. The predicted molar refractivity (Wildman–Crippen MR) is 81.2 cm³/mol. The first kappa shape index (κ1) is 15.3. The molecule has 21 heavy (non-hydrogen) atoms. The Morgan fingerprint density at radius 3 is 2.33 bits per heavy atom. The van der Waals surface area contributed by atoms with Crippen LogP contribution in [-0.4, -0.2) is 13.7 Å². The van der Waals surface area contributed by atoms with Crippen molar-refractivity contribution in [1.82, 2.24) is 0 Å². The molecule has 4 heteroatoms. The van der Waals surface area contributed by atoms with Crippen LogP contribution in [0.4, 0.5) is 4.39 Å². The third kappa shape index (κ3) is 3.73. The van der Waals surface area contributed by atoms with Crippen LogP contribution in [0.5, 0.6) is 11.5 Å². The van der Waals surface area contributed by atoms with Gasteiger partial charge in [-0.1, -0.05) is 25.1 Å². The van der Waals surface area contributed by atoms with Crippen LogP contribution >= 0.6 is 0 Å². The summed E-state index contributed by atoms with van der Waals surface area (Å²) >= 11 is 0. The van der Waals surface area contributed by atoms with Gasteiger partial charge in [-0.3, -0.25) is 0 Å². The van der Waals surface area contributed by atoms with Crippen LogP contribution in [0.3, 0.4) is 0 Å². The van der Waals surface area contributed by atoms with Crippen LogP contribution in [0.2, 0.25) is 0 Å². The Hall–Kier alpha value is -2.07. The van der Waals surface area contributed by atoms with Gasteiger partial charge in [-0.25, -0.2) is 4.39 Å². The van der Waals surface area contributed by atoms with Crippen LogP contribution in [-0.2, 0) is 0 Å². The van der Waals surface area contributed by atoms with E-state index in [1.807, 2.05) is 24.3 Å². The van der Waals surface area contributed by atoms with E-state index in [0.29, 0.717) is 12.2 Å². The Bertz CT molecular complexity index is 584. The summed E-state index contributed by atoms with van der Waals surface area (Å²) in [7, 11) is 1.44. The SMILES string of the molecule is CCCOc1ccc(C(N)c2ccc(OC)c(F)c2)cc1. The van der Waals surface area contributed by atoms with Crippen LogP contribution in [0.25, 0.3) is 0 Å². The van der Waals surface area contributed by atoms with Crippen molar-refractivity contribution in [1.29, 1.82) is 0 Å². The lowest BCUT2D eigenvalue weighted by Gasteiger charge is -2.14. The summed E-state index contributed by atoms with van der Waals surface area (Å²) in [5.41, 5.74) is 7.79. The second-order valence-electron chi connectivity index (χ2n) is 4.79. The van der Waals surface area contributed by atoms with E-state index in [4.69, 9.17) is 15.2 Å². The Morgan fingerprint density at radius 1 is 1.10 bits per heavy atom. The smallest absolute Gasteiger partial charge is 0.165 e. The summed E-state index contributed by atoms with van der Waals surface area (Å²) in [5.74, 6) is 0.622. The van der Waals surface area contributed by atoms with Crippen molar-refractivity contribution in [3.8, 4) is 11.5 Å². The molecule has 0 aliphatic carbocycles. The maximum atomic E-state index is 13.7. The largest absolute Gasteiger partial charge is 0.494 e. The third-order valence-electron chi connectivity index (χ3n) is 3.25. The summed E-state index contributed by atoms with van der Waals surface area (Å²) in [6.45, 7) is 2.75. The monoisotopic (exact) mass is 289 g/mol. The van der Waals surface area contributed by atoms with Gasteiger partial charge in [0.2, 0.25) is 0 Å². The highest BCUT2D eigenvalue weighted by atomic mass is 19.1. The van der Waals surface area contributed by atoms with Gasteiger partial charge in [0.1, 0.15) is 5.75 Å². The zero-order chi connectivity index (χ0) is 15.2. The minimum Gasteiger partial charge on any atom is -0.494 e. The molecule has 0 amide bonds. The maximum absolute atomic E-state index is 13.7. The van der Waals surface area contributed by atoms with Gasteiger partial charge >= 0.3 is 0 Å². The number of rotatable bonds is 6. The number of methoxy groups -OCH3 is 1. The van der Waals surface area contributed by atoms with Gasteiger partial charge in [-0.05, 0) is 41.8 Å². The fourth-order valence-electron chi connectivity index (χ4n) is 2.06. The zero-order valence-electron chi connectivity index (χ0n) is 12.3. The molecule has 2 rings (SSSR count). The Labute approximate surface area is 124 Å². The molecule has 2 N–H and O–H groups in total. The quantitative estimate of drug-likeness (QED) is 0.882. The fraction of sp³-hybridized carbons (Fsp3) is 0.294. The van der Waals surface area contributed by atoms with E-state index < -0.39 is 5.82 Å². The summed E-state index contributed by atoms with van der Waals surface area (Å²) in [6.07, 6.45) is 0.965. The first-order valence-electron chi connectivity index (χ1n) is 6.97. The average molecular weight is 289 g/mol. The highest BCUT2D eigenvalue weighted by Gasteiger charge is 2.12. The van der Waals surface area contributed by atoms with E-state index in [2.05, 4.69) is 6.92 Å². The van der Waals surface area contributed by atoms with Crippen molar-refractivity contribution in [3.05, 3.63) is 59.4 Å². The van der Waals surface area contributed by atoms with E-state index in [1.54, 1.807) is 12.1 Å². The van der Waals surface area contributed by atoms with Crippen molar-refractivity contribution in [2.24, 2.45) is 5.73 Å². The standard InChI is InChI=1S/C17H20FNO2/c1-3-10-21-14-7-4-12(5-8-14)17(19)13-6-9-16(20-2)15(18)11-13/h4-9,11,17H,3,10,19H2,1-2H3. The van der Waals surface area contributed by atoms with Crippen LogP contribution < -0.4 is 15.2 Å². The third-order valence-corrected chi connectivity index (χ3v) is 3.25. The topological polar surface area (TPSA) is 44.5 Å². The van der Waals surface area contributed by atoms with Gasteiger partial charge in [-0.15, -0.1) is 0 Å². The summed E-state index contributed by atoms with van der Waals surface area (Å²) < 4.78 is 24.2. The van der Waals surface area contributed by atoms with Gasteiger partial charge < -0.3 is 15.2 Å². The first-order chi connectivity index (χ1) is 10.2. The van der Waals surface area contributed by atoms with E-state index >= 15 is 0 Å². The molecule has 0 saturated carbocycles. The van der Waals surface area contributed by atoms with E-state index in [1.165, 1.54) is 13.2 Å². The molecule has 0 aliphatic rings. The Kier molecular flexibility index (Phi) is 5.17. The normalized spacial score (nSPS) is 12.0. The van der Waals surface area contributed by atoms with Crippen molar-refractivity contribution in [3.63, 3.8) is 0 Å². The van der Waals surface area contributed by atoms with Crippen molar-refractivity contribution in [2.45, 2.75) is 19.4 Å². The van der Waals surface area contributed by atoms with E-state index in [0.717, 1.165) is 17.7 Å². The molecule has 0 saturated heterocycles. The van der Waals surface area contributed by atoms with Gasteiger partial charge in [-0.2, -0.15) is 0 Å². The molecule has 1 unspecified atom stereocenters. The molecule has 2 aromatic carbocycles. The second-order valence-corrected chi connectivity index (χ2v) is 4.79. The van der Waals surface area contributed by atoms with Crippen LogP contribution in [0.1, 0.15) is 30.5 Å². The molecule has 0 heterocycles. The molecule has 0 radical (unpaired) electrons. The van der Waals surface area contributed by atoms with Crippen molar-refractivity contribution < 1.29 is 13.9 Å². The molecular weight excluding hydrogens is 269 g/mol. The average Bonchev–Trinajstić information content (AvgIpc) is 2.52. The number of benzene rings is 2. The van der Waals surface area contributed by atoms with Gasteiger partial charge in [0.15, 0.2) is 11.6 Å². The van der Waals surface area contributed by atoms with E-state index in [-0.39, 0.29) is 11.8 Å². The summed E-state index contributed by atoms with van der Waals surface area (Å²) in [5, 5.41) is 0. The molecule has 0 aliphatic heterocycles. The molecule has 0 bridgehead atoms. The molecule has 0 fully saturated rings. The van der Waals surface area contributed by atoms with Gasteiger partial charge in [0.25, 0.3) is 0 Å². The molecule has 0 spiro atoms. The highest BCUT2D eigenvalue weighted by Crippen LogP contribution is 2.26. The molecule has 112 valence electrons. The van der Waals surface area contributed by atoms with E-state index in [9.17, 15) is 4.39 Å². The predicted octanol–water partition coefficient (Wildman–Crippen LogP) is 3.67.